The fourth-order valence-corrected chi connectivity index (χ4v) is 1.02. The number of hydrogen-bond donors (Lipinski definition) is 2. The lowest BCUT2D eigenvalue weighted by Gasteiger charge is -1.87. The van der Waals surface area contributed by atoms with Crippen molar-refractivity contribution < 1.29 is 4.79 Å². The number of aromatic nitrogens is 1. The number of nitrogens with one attached hydrogen (secondary N) is 2. The molecule has 0 saturated heterocycles. The van der Waals surface area contributed by atoms with E-state index in [-0.39, 0.29) is 0 Å². The Morgan fingerprint density at radius 1 is 1.58 bits per heavy atom. The van der Waals surface area contributed by atoms with E-state index in [4.69, 9.17) is 0 Å². The SMILES string of the molecule is Cc1cc(/C=N/NC=O)c(C)[nH]1. The number of carbonyl (C=O) groups excluding carboxylic acids is 1. The smallest absolute Gasteiger partial charge is 0.227 e. The van der Waals surface area contributed by atoms with Crippen LogP contribution >= 0.6 is 0 Å². The van der Waals surface area contributed by atoms with Crippen molar-refractivity contribution in [2.24, 2.45) is 5.10 Å². The van der Waals surface area contributed by atoms with Crippen molar-refractivity contribution in [3.8, 4) is 0 Å². The summed E-state index contributed by atoms with van der Waals surface area (Å²) < 4.78 is 0. The molecule has 0 bridgehead atoms. The molecule has 0 aliphatic heterocycles. The summed E-state index contributed by atoms with van der Waals surface area (Å²) in [7, 11) is 0. The van der Waals surface area contributed by atoms with Gasteiger partial charge in [0.2, 0.25) is 6.41 Å². The van der Waals surface area contributed by atoms with E-state index in [0.29, 0.717) is 6.41 Å². The number of rotatable bonds is 3. The van der Waals surface area contributed by atoms with E-state index in [9.17, 15) is 4.79 Å². The lowest BCUT2D eigenvalue weighted by atomic mass is 10.3. The van der Waals surface area contributed by atoms with E-state index in [1.807, 2.05) is 19.9 Å². The van der Waals surface area contributed by atoms with E-state index >= 15 is 0 Å². The normalized spacial score (nSPS) is 10.5. The van der Waals surface area contributed by atoms with Gasteiger partial charge in [-0.25, -0.2) is 5.43 Å². The highest BCUT2D eigenvalue weighted by molar-refractivity contribution is 5.81. The zero-order chi connectivity index (χ0) is 8.97. The number of aromatic amines is 1. The fraction of sp³-hybridized carbons (Fsp3) is 0.250. The first kappa shape index (κ1) is 8.52. The molecule has 1 heterocycles. The van der Waals surface area contributed by atoms with Gasteiger partial charge in [-0.05, 0) is 19.9 Å². The lowest BCUT2D eigenvalue weighted by Crippen LogP contribution is -2.00. The molecule has 0 fully saturated rings. The molecule has 1 rings (SSSR count). The van der Waals surface area contributed by atoms with E-state index in [1.54, 1.807) is 6.21 Å². The molecule has 12 heavy (non-hydrogen) atoms. The summed E-state index contributed by atoms with van der Waals surface area (Å²) >= 11 is 0. The summed E-state index contributed by atoms with van der Waals surface area (Å²) in [5, 5.41) is 3.67. The Kier molecular flexibility index (Phi) is 2.63. The number of hydrogen-bond acceptors (Lipinski definition) is 2. The van der Waals surface area contributed by atoms with Crippen LogP contribution in [0.2, 0.25) is 0 Å². The largest absolute Gasteiger partial charge is 0.362 e. The molecule has 0 radical (unpaired) electrons. The van der Waals surface area contributed by atoms with Crippen molar-refractivity contribution in [3.63, 3.8) is 0 Å². The van der Waals surface area contributed by atoms with Crippen molar-refractivity contribution in [2.75, 3.05) is 0 Å². The molecule has 0 unspecified atom stereocenters. The maximum absolute atomic E-state index is 9.85. The van der Waals surface area contributed by atoms with E-state index in [0.717, 1.165) is 17.0 Å². The van der Waals surface area contributed by atoms with Crippen LogP contribution in [-0.2, 0) is 4.79 Å². The second-order valence-electron chi connectivity index (χ2n) is 2.54. The Morgan fingerprint density at radius 2 is 2.33 bits per heavy atom. The molecule has 0 saturated carbocycles. The number of hydrazone groups is 1. The quantitative estimate of drug-likeness (QED) is 0.387. The molecule has 4 nitrogen and oxygen atoms in total. The maximum Gasteiger partial charge on any atom is 0.227 e. The first-order chi connectivity index (χ1) is 5.74. The van der Waals surface area contributed by atoms with Gasteiger partial charge < -0.3 is 4.98 Å². The van der Waals surface area contributed by atoms with Crippen LogP contribution in [0.4, 0.5) is 0 Å². The van der Waals surface area contributed by atoms with Gasteiger partial charge in [0.15, 0.2) is 0 Å². The van der Waals surface area contributed by atoms with Crippen LogP contribution in [0.5, 0.6) is 0 Å². The highest BCUT2D eigenvalue weighted by Crippen LogP contribution is 2.05. The molecular formula is C8H11N3O. The molecular weight excluding hydrogens is 154 g/mol. The van der Waals surface area contributed by atoms with Crippen molar-refractivity contribution in [2.45, 2.75) is 13.8 Å². The Hall–Kier alpha value is -1.58. The van der Waals surface area contributed by atoms with Crippen LogP contribution in [0.25, 0.3) is 0 Å². The first-order valence-electron chi connectivity index (χ1n) is 3.62. The Labute approximate surface area is 70.7 Å². The molecule has 4 heteroatoms. The third-order valence-electron chi connectivity index (χ3n) is 1.52. The van der Waals surface area contributed by atoms with Crippen LogP contribution < -0.4 is 5.43 Å². The van der Waals surface area contributed by atoms with E-state index < -0.39 is 0 Å². The van der Waals surface area contributed by atoms with Gasteiger partial charge in [-0.1, -0.05) is 0 Å². The molecule has 2 N–H and O–H groups in total. The van der Waals surface area contributed by atoms with Crippen LogP contribution in [0, 0.1) is 13.8 Å². The summed E-state index contributed by atoms with van der Waals surface area (Å²) in [4.78, 5) is 13.0. The third-order valence-corrected chi connectivity index (χ3v) is 1.52. The number of amides is 1. The molecule has 1 amide bonds. The number of carbonyl (C=O) groups is 1. The maximum atomic E-state index is 9.85. The van der Waals surface area contributed by atoms with Gasteiger partial charge in [-0.15, -0.1) is 0 Å². The molecule has 0 aliphatic rings. The summed E-state index contributed by atoms with van der Waals surface area (Å²) in [6.07, 6.45) is 2.14. The van der Waals surface area contributed by atoms with Crippen molar-refractivity contribution >= 4 is 12.6 Å². The second-order valence-corrected chi connectivity index (χ2v) is 2.54. The average Bonchev–Trinajstić information content (AvgIpc) is 2.31. The first-order valence-corrected chi connectivity index (χ1v) is 3.62. The minimum absolute atomic E-state index is 0.533. The molecule has 64 valence electrons. The van der Waals surface area contributed by atoms with Crippen LogP contribution in [0.15, 0.2) is 11.2 Å². The minimum atomic E-state index is 0.533. The minimum Gasteiger partial charge on any atom is -0.362 e. The van der Waals surface area contributed by atoms with Crippen LogP contribution in [0.1, 0.15) is 17.0 Å². The molecule has 1 aromatic rings. The number of H-pyrrole nitrogens is 1. The van der Waals surface area contributed by atoms with Crippen LogP contribution in [-0.4, -0.2) is 17.6 Å². The number of aryl methyl sites for hydroxylation is 2. The topological polar surface area (TPSA) is 57.2 Å². The highest BCUT2D eigenvalue weighted by Gasteiger charge is 1.96. The lowest BCUT2D eigenvalue weighted by molar-refractivity contribution is -0.109. The van der Waals surface area contributed by atoms with E-state index in [1.165, 1.54) is 0 Å². The third kappa shape index (κ3) is 1.95. The van der Waals surface area contributed by atoms with E-state index in [2.05, 4.69) is 15.5 Å². The van der Waals surface area contributed by atoms with Gasteiger partial charge in [-0.2, -0.15) is 5.10 Å². The predicted molar refractivity (Wildman–Crippen MR) is 47.1 cm³/mol. The summed E-state index contributed by atoms with van der Waals surface area (Å²) in [6, 6.07) is 1.96. The highest BCUT2D eigenvalue weighted by atomic mass is 16.1. The monoisotopic (exact) mass is 165 g/mol. The zero-order valence-corrected chi connectivity index (χ0v) is 7.09. The van der Waals surface area contributed by atoms with Gasteiger partial charge in [0.25, 0.3) is 0 Å². The van der Waals surface area contributed by atoms with Gasteiger partial charge >= 0.3 is 0 Å². The average molecular weight is 165 g/mol. The Morgan fingerprint density at radius 3 is 2.83 bits per heavy atom. The molecule has 0 aliphatic carbocycles. The van der Waals surface area contributed by atoms with Gasteiger partial charge in [-0.3, -0.25) is 4.79 Å². The predicted octanol–water partition coefficient (Wildman–Crippen LogP) is 0.711. The zero-order valence-electron chi connectivity index (χ0n) is 7.09. The second kappa shape index (κ2) is 3.71. The van der Waals surface area contributed by atoms with Gasteiger partial charge in [0.1, 0.15) is 0 Å². The van der Waals surface area contributed by atoms with Crippen molar-refractivity contribution in [1.82, 2.24) is 10.4 Å². The van der Waals surface area contributed by atoms with Gasteiger partial charge in [0.05, 0.1) is 6.21 Å². The molecule has 1 aromatic heterocycles. The summed E-state index contributed by atoms with van der Waals surface area (Å²) in [5.41, 5.74) is 5.32. The number of nitrogens with zero attached hydrogens (tertiary/aromatic N) is 1. The summed E-state index contributed by atoms with van der Waals surface area (Å²) in [5.74, 6) is 0. The molecule has 0 spiro atoms. The van der Waals surface area contributed by atoms with Crippen molar-refractivity contribution in [3.05, 3.63) is 23.0 Å². The molecule has 0 aromatic carbocycles. The molecule has 0 atom stereocenters. The Balaban J connectivity index is 2.74. The summed E-state index contributed by atoms with van der Waals surface area (Å²) in [6.45, 7) is 3.92. The fourth-order valence-electron chi connectivity index (χ4n) is 1.02. The van der Waals surface area contributed by atoms with Gasteiger partial charge in [0, 0.05) is 17.0 Å². The Bertz CT molecular complexity index is 301. The van der Waals surface area contributed by atoms with Crippen molar-refractivity contribution in [1.29, 1.82) is 0 Å². The van der Waals surface area contributed by atoms with Crippen LogP contribution in [0.3, 0.4) is 0 Å². The standard InChI is InChI=1S/C8H11N3O/c1-6-3-8(7(2)11-6)4-9-10-5-12/h3-5,11H,1-2H3,(H,10,12)/b9-4+.